The van der Waals surface area contributed by atoms with Crippen molar-refractivity contribution in [1.29, 1.82) is 0 Å². The van der Waals surface area contributed by atoms with Crippen molar-refractivity contribution in [2.45, 2.75) is 6.18 Å². The minimum absolute atomic E-state index is 0.0597. The maximum absolute atomic E-state index is 12.7. The first-order valence-corrected chi connectivity index (χ1v) is 8.56. The minimum atomic E-state index is -4.45. The molecule has 0 spiro atoms. The van der Waals surface area contributed by atoms with E-state index in [-0.39, 0.29) is 29.4 Å². The zero-order valence-corrected chi connectivity index (χ0v) is 15.1. The summed E-state index contributed by atoms with van der Waals surface area (Å²) in [4.78, 5) is 30.2. The van der Waals surface area contributed by atoms with E-state index in [9.17, 15) is 28.1 Å². The fourth-order valence-corrected chi connectivity index (χ4v) is 3.05. The summed E-state index contributed by atoms with van der Waals surface area (Å²) in [6.07, 6.45) is -3.69. The lowest BCUT2D eigenvalue weighted by Crippen LogP contribution is -2.49. The highest BCUT2D eigenvalue weighted by Gasteiger charge is 2.31. The molecule has 0 bridgehead atoms. The van der Waals surface area contributed by atoms with E-state index < -0.39 is 22.6 Å². The number of nitro benzene ring substituents is 1. The Labute approximate surface area is 162 Å². The number of piperazine rings is 1. The number of hydrogen-bond acceptors (Lipinski definition) is 5. The second-order valence-corrected chi connectivity index (χ2v) is 6.54. The highest BCUT2D eigenvalue weighted by molar-refractivity contribution is 6.31. The van der Waals surface area contributed by atoms with Crippen molar-refractivity contribution < 1.29 is 22.9 Å². The van der Waals surface area contributed by atoms with Crippen molar-refractivity contribution in [3.05, 3.63) is 62.8 Å². The molecule has 2 aromatic rings. The Hall–Kier alpha value is -2.88. The van der Waals surface area contributed by atoms with Gasteiger partial charge in [-0.2, -0.15) is 13.2 Å². The second kappa shape index (κ2) is 7.63. The highest BCUT2D eigenvalue weighted by atomic mass is 35.5. The van der Waals surface area contributed by atoms with Crippen LogP contribution in [0, 0.1) is 10.1 Å². The first kappa shape index (κ1) is 19.9. The Morgan fingerprint density at radius 1 is 1.14 bits per heavy atom. The van der Waals surface area contributed by atoms with Gasteiger partial charge in [0.25, 0.3) is 11.6 Å². The van der Waals surface area contributed by atoms with Gasteiger partial charge in [0.15, 0.2) is 0 Å². The number of aromatic nitrogens is 1. The van der Waals surface area contributed by atoms with Crippen LogP contribution in [0.5, 0.6) is 0 Å². The van der Waals surface area contributed by atoms with Crippen LogP contribution in [0.4, 0.5) is 24.7 Å². The van der Waals surface area contributed by atoms with Gasteiger partial charge in [0.05, 0.1) is 10.5 Å². The largest absolute Gasteiger partial charge is 0.417 e. The SMILES string of the molecule is O=C(c1ccc(Cl)cc1[N+](=O)[O-])N1CCN(c2ccc(C(F)(F)F)cn2)CC1. The van der Waals surface area contributed by atoms with Gasteiger partial charge in [0.1, 0.15) is 11.4 Å². The summed E-state index contributed by atoms with van der Waals surface area (Å²) in [5, 5.41) is 11.3. The van der Waals surface area contributed by atoms with Gasteiger partial charge in [0, 0.05) is 43.5 Å². The van der Waals surface area contributed by atoms with Gasteiger partial charge in [-0.3, -0.25) is 14.9 Å². The van der Waals surface area contributed by atoms with Gasteiger partial charge in [-0.15, -0.1) is 0 Å². The Morgan fingerprint density at radius 3 is 2.36 bits per heavy atom. The van der Waals surface area contributed by atoms with Crippen molar-refractivity contribution in [3.8, 4) is 0 Å². The van der Waals surface area contributed by atoms with Crippen LogP contribution in [0.3, 0.4) is 0 Å². The van der Waals surface area contributed by atoms with Crippen LogP contribution in [0.15, 0.2) is 36.5 Å². The first-order valence-electron chi connectivity index (χ1n) is 8.18. The van der Waals surface area contributed by atoms with E-state index in [0.29, 0.717) is 18.9 Å². The molecule has 1 saturated heterocycles. The summed E-state index contributed by atoms with van der Waals surface area (Å²) >= 11 is 5.76. The number of carbonyl (C=O) groups is 1. The molecule has 0 saturated carbocycles. The summed E-state index contributed by atoms with van der Waals surface area (Å²) in [7, 11) is 0. The molecule has 1 aromatic carbocycles. The van der Waals surface area contributed by atoms with E-state index in [1.54, 1.807) is 4.90 Å². The molecule has 0 aliphatic carbocycles. The Balaban J connectivity index is 1.69. The predicted molar refractivity (Wildman–Crippen MR) is 95.5 cm³/mol. The fraction of sp³-hybridized carbons (Fsp3) is 0.294. The number of amides is 1. The maximum atomic E-state index is 12.7. The van der Waals surface area contributed by atoms with Crippen LogP contribution in [0.1, 0.15) is 15.9 Å². The van der Waals surface area contributed by atoms with Crippen LogP contribution < -0.4 is 4.90 Å². The molecule has 0 atom stereocenters. The average molecular weight is 415 g/mol. The van der Waals surface area contributed by atoms with Crippen molar-refractivity contribution in [1.82, 2.24) is 9.88 Å². The normalized spacial score (nSPS) is 14.9. The van der Waals surface area contributed by atoms with E-state index in [1.807, 2.05) is 0 Å². The summed E-state index contributed by atoms with van der Waals surface area (Å²) in [5.41, 5.74) is -1.26. The number of alkyl halides is 3. The van der Waals surface area contributed by atoms with E-state index >= 15 is 0 Å². The van der Waals surface area contributed by atoms with Gasteiger partial charge in [0.2, 0.25) is 0 Å². The fourth-order valence-electron chi connectivity index (χ4n) is 2.89. The van der Waals surface area contributed by atoms with Crippen LogP contribution >= 0.6 is 11.6 Å². The Kier molecular flexibility index (Phi) is 5.41. The lowest BCUT2D eigenvalue weighted by atomic mass is 10.1. The molecular formula is C17H14ClF3N4O3. The third-order valence-corrected chi connectivity index (χ3v) is 4.59. The summed E-state index contributed by atoms with van der Waals surface area (Å²) in [6, 6.07) is 6.08. The van der Waals surface area contributed by atoms with Gasteiger partial charge in [-0.25, -0.2) is 4.98 Å². The van der Waals surface area contributed by atoms with E-state index in [4.69, 9.17) is 11.6 Å². The molecule has 0 unspecified atom stereocenters. The number of carbonyl (C=O) groups excluding carboxylic acids is 1. The van der Waals surface area contributed by atoms with Crippen LogP contribution in [0.2, 0.25) is 5.02 Å². The Morgan fingerprint density at radius 2 is 1.82 bits per heavy atom. The smallest absolute Gasteiger partial charge is 0.353 e. The molecular weight excluding hydrogens is 401 g/mol. The Bertz CT molecular complexity index is 898. The maximum Gasteiger partial charge on any atom is 0.417 e. The van der Waals surface area contributed by atoms with E-state index in [0.717, 1.165) is 18.3 Å². The molecule has 1 aromatic heterocycles. The standard InChI is InChI=1S/C17H14ClF3N4O3/c18-12-2-3-13(14(9-12)25(27)28)16(26)24-7-5-23(6-8-24)15-4-1-11(10-22-15)17(19,20)21/h1-4,9-10H,5-8H2. The molecule has 11 heteroatoms. The zero-order chi connectivity index (χ0) is 20.5. The molecule has 1 aliphatic heterocycles. The topological polar surface area (TPSA) is 79.6 Å². The molecule has 7 nitrogen and oxygen atoms in total. The number of nitro groups is 1. The quantitative estimate of drug-likeness (QED) is 0.566. The number of benzene rings is 1. The lowest BCUT2D eigenvalue weighted by Gasteiger charge is -2.35. The number of rotatable bonds is 3. The zero-order valence-electron chi connectivity index (χ0n) is 14.3. The number of halogens is 4. The van der Waals surface area contributed by atoms with Crippen molar-refractivity contribution in [2.75, 3.05) is 31.1 Å². The van der Waals surface area contributed by atoms with Gasteiger partial charge < -0.3 is 9.80 Å². The van der Waals surface area contributed by atoms with Crippen molar-refractivity contribution >= 4 is 29.0 Å². The molecule has 2 heterocycles. The van der Waals surface area contributed by atoms with E-state index in [2.05, 4.69) is 4.98 Å². The number of anilines is 1. The predicted octanol–water partition coefficient (Wildman–Crippen LogP) is 3.62. The first-order chi connectivity index (χ1) is 13.2. The van der Waals surface area contributed by atoms with Gasteiger partial charge in [-0.05, 0) is 24.3 Å². The summed E-state index contributed by atoms with van der Waals surface area (Å²) in [5.74, 6) is -0.124. The average Bonchev–Trinajstić information content (AvgIpc) is 2.67. The molecule has 1 amide bonds. The minimum Gasteiger partial charge on any atom is -0.353 e. The molecule has 0 radical (unpaired) electrons. The number of hydrogen-bond donors (Lipinski definition) is 0. The van der Waals surface area contributed by atoms with Crippen molar-refractivity contribution in [3.63, 3.8) is 0 Å². The second-order valence-electron chi connectivity index (χ2n) is 6.10. The van der Waals surface area contributed by atoms with Gasteiger partial charge in [-0.1, -0.05) is 11.6 Å². The summed E-state index contributed by atoms with van der Waals surface area (Å²) in [6.45, 7) is 1.18. The molecule has 1 fully saturated rings. The molecule has 0 N–H and O–H groups in total. The van der Waals surface area contributed by atoms with Gasteiger partial charge >= 0.3 is 6.18 Å². The monoisotopic (exact) mass is 414 g/mol. The van der Waals surface area contributed by atoms with Crippen LogP contribution in [0.25, 0.3) is 0 Å². The molecule has 1 aliphatic rings. The lowest BCUT2D eigenvalue weighted by molar-refractivity contribution is -0.385. The third-order valence-electron chi connectivity index (χ3n) is 4.35. The molecule has 148 valence electrons. The van der Waals surface area contributed by atoms with Crippen LogP contribution in [-0.4, -0.2) is 46.9 Å². The van der Waals surface area contributed by atoms with Crippen molar-refractivity contribution in [2.24, 2.45) is 0 Å². The third kappa shape index (κ3) is 4.16. The highest BCUT2D eigenvalue weighted by Crippen LogP contribution is 2.30. The van der Waals surface area contributed by atoms with Crippen LogP contribution in [-0.2, 0) is 6.18 Å². The van der Waals surface area contributed by atoms with E-state index in [1.165, 1.54) is 23.1 Å². The number of nitrogens with zero attached hydrogens (tertiary/aromatic N) is 4. The number of pyridine rings is 1. The molecule has 28 heavy (non-hydrogen) atoms. The summed E-state index contributed by atoms with van der Waals surface area (Å²) < 4.78 is 37.9. The molecule has 3 rings (SSSR count).